The van der Waals surface area contributed by atoms with E-state index in [9.17, 15) is 0 Å². The van der Waals surface area contributed by atoms with Crippen LogP contribution in [-0.4, -0.2) is 29.2 Å². The molecule has 20 heavy (non-hydrogen) atoms. The predicted molar refractivity (Wildman–Crippen MR) is 79.9 cm³/mol. The summed E-state index contributed by atoms with van der Waals surface area (Å²) in [5, 5.41) is 3.50. The van der Waals surface area contributed by atoms with E-state index in [0.29, 0.717) is 6.61 Å². The summed E-state index contributed by atoms with van der Waals surface area (Å²) in [6.07, 6.45) is 5.48. The Labute approximate surface area is 119 Å². The van der Waals surface area contributed by atoms with Crippen LogP contribution in [0.15, 0.2) is 30.5 Å². The lowest BCUT2D eigenvalue weighted by Gasteiger charge is -2.08. The second-order valence-corrected chi connectivity index (χ2v) is 5.15. The van der Waals surface area contributed by atoms with Gasteiger partial charge < -0.3 is 15.0 Å². The molecule has 1 fully saturated rings. The van der Waals surface area contributed by atoms with Crippen molar-refractivity contribution in [2.45, 2.75) is 32.2 Å². The minimum atomic E-state index is 0.670. The van der Waals surface area contributed by atoms with Gasteiger partial charge in [0.2, 0.25) is 0 Å². The quantitative estimate of drug-likeness (QED) is 0.814. The van der Waals surface area contributed by atoms with Crippen molar-refractivity contribution >= 4 is 0 Å². The second-order valence-electron chi connectivity index (χ2n) is 5.15. The number of hydrogen-bond acceptors (Lipinski definition) is 3. The zero-order chi connectivity index (χ0) is 13.8. The van der Waals surface area contributed by atoms with E-state index in [-0.39, 0.29) is 0 Å². The van der Waals surface area contributed by atoms with Gasteiger partial charge in [0, 0.05) is 24.6 Å². The summed E-state index contributed by atoms with van der Waals surface area (Å²) in [5.74, 6) is 1.93. The first-order valence-electron chi connectivity index (χ1n) is 7.36. The molecule has 0 saturated heterocycles. The lowest BCUT2D eigenvalue weighted by atomic mass is 10.1. The van der Waals surface area contributed by atoms with Gasteiger partial charge in [-0.25, -0.2) is 4.98 Å². The molecule has 1 aliphatic carbocycles. The van der Waals surface area contributed by atoms with Gasteiger partial charge in [-0.1, -0.05) is 12.1 Å². The van der Waals surface area contributed by atoms with Crippen molar-refractivity contribution < 1.29 is 4.74 Å². The van der Waals surface area contributed by atoms with Gasteiger partial charge in [0.25, 0.3) is 0 Å². The van der Waals surface area contributed by atoms with Gasteiger partial charge in [-0.05, 0) is 31.9 Å². The van der Waals surface area contributed by atoms with Crippen LogP contribution in [0.4, 0.5) is 0 Å². The van der Waals surface area contributed by atoms with E-state index >= 15 is 0 Å². The van der Waals surface area contributed by atoms with Crippen molar-refractivity contribution in [3.8, 4) is 17.0 Å². The van der Waals surface area contributed by atoms with Crippen molar-refractivity contribution in [1.82, 2.24) is 15.3 Å². The number of nitrogens with one attached hydrogen (secondary N) is 2. The lowest BCUT2D eigenvalue weighted by molar-refractivity contribution is 0.341. The highest BCUT2D eigenvalue weighted by Gasteiger charge is 2.19. The molecule has 0 bridgehead atoms. The lowest BCUT2D eigenvalue weighted by Crippen LogP contribution is -2.19. The number of benzene rings is 1. The van der Waals surface area contributed by atoms with Crippen LogP contribution >= 0.6 is 0 Å². The third-order valence-electron chi connectivity index (χ3n) is 3.48. The first-order valence-corrected chi connectivity index (χ1v) is 7.36. The second kappa shape index (κ2) is 6.09. The molecule has 3 rings (SSSR count). The van der Waals surface area contributed by atoms with Crippen LogP contribution in [0.25, 0.3) is 11.3 Å². The number of nitrogens with zero attached hydrogens (tertiary/aromatic N) is 1. The average molecular weight is 271 g/mol. The molecule has 4 heteroatoms. The predicted octanol–water partition coefficient (Wildman–Crippen LogP) is 2.77. The van der Waals surface area contributed by atoms with Crippen molar-refractivity contribution in [3.05, 3.63) is 36.3 Å². The SMILES string of the molecule is CCOc1ccccc1-c1cnc(CCNC2CC2)[nH]1. The first kappa shape index (κ1) is 13.2. The molecule has 0 atom stereocenters. The third kappa shape index (κ3) is 3.20. The van der Waals surface area contributed by atoms with Gasteiger partial charge in [-0.15, -0.1) is 0 Å². The molecule has 0 unspecified atom stereocenters. The highest BCUT2D eigenvalue weighted by Crippen LogP contribution is 2.28. The zero-order valence-electron chi connectivity index (χ0n) is 11.9. The molecule has 0 spiro atoms. The Hall–Kier alpha value is -1.81. The van der Waals surface area contributed by atoms with E-state index < -0.39 is 0 Å². The number of H-pyrrole nitrogens is 1. The Balaban J connectivity index is 1.68. The molecule has 2 N–H and O–H groups in total. The Morgan fingerprint density at radius 2 is 2.20 bits per heavy atom. The van der Waals surface area contributed by atoms with Crippen molar-refractivity contribution in [2.75, 3.05) is 13.2 Å². The number of para-hydroxylation sites is 1. The van der Waals surface area contributed by atoms with Crippen LogP contribution in [0.1, 0.15) is 25.6 Å². The fourth-order valence-electron chi connectivity index (χ4n) is 2.28. The van der Waals surface area contributed by atoms with Crippen LogP contribution in [0.3, 0.4) is 0 Å². The average Bonchev–Trinajstić information content (AvgIpc) is 3.17. The minimum absolute atomic E-state index is 0.670. The number of imidazole rings is 1. The molecule has 0 radical (unpaired) electrons. The number of hydrogen-bond donors (Lipinski definition) is 2. The van der Waals surface area contributed by atoms with Crippen LogP contribution in [0.2, 0.25) is 0 Å². The van der Waals surface area contributed by atoms with Crippen molar-refractivity contribution in [3.63, 3.8) is 0 Å². The molecule has 2 aromatic rings. The number of ether oxygens (including phenoxy) is 1. The van der Waals surface area contributed by atoms with Gasteiger partial charge in [0.05, 0.1) is 18.5 Å². The molecule has 1 heterocycles. The number of rotatable bonds is 7. The Bertz CT molecular complexity index is 560. The maximum absolute atomic E-state index is 5.66. The summed E-state index contributed by atoms with van der Waals surface area (Å²) in [5.41, 5.74) is 2.10. The molecule has 106 valence electrons. The molecule has 1 saturated carbocycles. The molecule has 1 aliphatic rings. The molecule has 1 aromatic carbocycles. The molecular formula is C16H21N3O. The number of aromatic amines is 1. The smallest absolute Gasteiger partial charge is 0.128 e. The Morgan fingerprint density at radius 3 is 3.00 bits per heavy atom. The first-order chi connectivity index (χ1) is 9.86. The van der Waals surface area contributed by atoms with E-state index in [1.807, 2.05) is 31.3 Å². The van der Waals surface area contributed by atoms with E-state index in [4.69, 9.17) is 4.74 Å². The summed E-state index contributed by atoms with van der Waals surface area (Å²) in [6, 6.07) is 8.82. The Morgan fingerprint density at radius 1 is 1.35 bits per heavy atom. The normalized spacial score (nSPS) is 14.4. The standard InChI is InChI=1S/C16H21N3O/c1-2-20-15-6-4-3-5-13(15)14-11-18-16(19-14)9-10-17-12-7-8-12/h3-6,11-12,17H,2,7-10H2,1H3,(H,18,19). The summed E-state index contributed by atoms with van der Waals surface area (Å²) < 4.78 is 5.66. The Kier molecular flexibility index (Phi) is 4.02. The maximum atomic E-state index is 5.66. The summed E-state index contributed by atoms with van der Waals surface area (Å²) >= 11 is 0. The minimum Gasteiger partial charge on any atom is -0.493 e. The van der Waals surface area contributed by atoms with E-state index in [0.717, 1.165) is 41.8 Å². The molecule has 1 aromatic heterocycles. The topological polar surface area (TPSA) is 49.9 Å². The molecule has 0 amide bonds. The fraction of sp³-hybridized carbons (Fsp3) is 0.438. The van der Waals surface area contributed by atoms with Gasteiger partial charge in [0.15, 0.2) is 0 Å². The molecule has 4 nitrogen and oxygen atoms in total. The van der Waals surface area contributed by atoms with Crippen LogP contribution < -0.4 is 10.1 Å². The highest BCUT2D eigenvalue weighted by atomic mass is 16.5. The third-order valence-corrected chi connectivity index (χ3v) is 3.48. The van der Waals surface area contributed by atoms with Gasteiger partial charge in [-0.3, -0.25) is 0 Å². The van der Waals surface area contributed by atoms with E-state index in [1.165, 1.54) is 12.8 Å². The largest absolute Gasteiger partial charge is 0.493 e. The van der Waals surface area contributed by atoms with Gasteiger partial charge in [-0.2, -0.15) is 0 Å². The highest BCUT2D eigenvalue weighted by molar-refractivity contribution is 5.66. The van der Waals surface area contributed by atoms with Crippen molar-refractivity contribution in [1.29, 1.82) is 0 Å². The number of aromatic nitrogens is 2. The van der Waals surface area contributed by atoms with Crippen LogP contribution in [-0.2, 0) is 6.42 Å². The van der Waals surface area contributed by atoms with E-state index in [1.54, 1.807) is 0 Å². The van der Waals surface area contributed by atoms with E-state index in [2.05, 4.69) is 21.4 Å². The summed E-state index contributed by atoms with van der Waals surface area (Å²) in [7, 11) is 0. The summed E-state index contributed by atoms with van der Waals surface area (Å²) in [6.45, 7) is 3.66. The monoisotopic (exact) mass is 271 g/mol. The molecule has 0 aliphatic heterocycles. The maximum Gasteiger partial charge on any atom is 0.128 e. The molecular weight excluding hydrogens is 250 g/mol. The zero-order valence-corrected chi connectivity index (χ0v) is 11.9. The van der Waals surface area contributed by atoms with Gasteiger partial charge in [0.1, 0.15) is 11.6 Å². The summed E-state index contributed by atoms with van der Waals surface area (Å²) in [4.78, 5) is 7.85. The fourth-order valence-corrected chi connectivity index (χ4v) is 2.28. The van der Waals surface area contributed by atoms with Crippen molar-refractivity contribution in [2.24, 2.45) is 0 Å². The van der Waals surface area contributed by atoms with Crippen LogP contribution in [0.5, 0.6) is 5.75 Å². The van der Waals surface area contributed by atoms with Crippen LogP contribution in [0, 0.1) is 0 Å². The van der Waals surface area contributed by atoms with Gasteiger partial charge >= 0.3 is 0 Å².